The number of nitrogens with one attached hydrogen (secondary N) is 2. The number of aromatic nitrogens is 1. The van der Waals surface area contributed by atoms with Crippen LogP contribution < -0.4 is 15.4 Å². The molecule has 2 aromatic rings. The van der Waals surface area contributed by atoms with Crippen molar-refractivity contribution >= 4 is 34.0 Å². The number of para-hydroxylation sites is 2. The molecule has 1 aliphatic rings. The average Bonchev–Trinajstić information content (AvgIpc) is 3.31. The number of rotatable bonds is 6. The van der Waals surface area contributed by atoms with Crippen molar-refractivity contribution < 1.29 is 27.5 Å². The lowest BCUT2D eigenvalue weighted by Crippen LogP contribution is -2.20. The molecule has 138 valence electrons. The Morgan fingerprint density at radius 2 is 1.96 bits per heavy atom. The van der Waals surface area contributed by atoms with Crippen LogP contribution in [0.5, 0.6) is 5.75 Å². The minimum absolute atomic E-state index is 0.0378. The summed E-state index contributed by atoms with van der Waals surface area (Å²) in [7, 11) is 0. The van der Waals surface area contributed by atoms with E-state index in [4.69, 9.17) is 0 Å². The Balaban J connectivity index is 1.59. The Morgan fingerprint density at radius 3 is 2.65 bits per heavy atom. The van der Waals surface area contributed by atoms with E-state index in [2.05, 4.69) is 20.4 Å². The highest BCUT2D eigenvalue weighted by Crippen LogP contribution is 2.31. The third-order valence-corrected chi connectivity index (χ3v) is 4.27. The standard InChI is InChI=1S/C16H14F3N3O3S/c17-16(18,19)25-12-4-2-1-3-11(12)21-13(23)7-10-8-26-15(20-10)22-14(24)9-5-6-9/h1-4,8-9H,5-7H2,(H,21,23)(H,20,22,24). The van der Waals surface area contributed by atoms with Crippen molar-refractivity contribution in [3.8, 4) is 5.75 Å². The molecule has 6 nitrogen and oxygen atoms in total. The number of hydrogen-bond donors (Lipinski definition) is 2. The number of carbonyl (C=O) groups is 2. The molecule has 26 heavy (non-hydrogen) atoms. The first-order valence-electron chi connectivity index (χ1n) is 7.70. The van der Waals surface area contributed by atoms with Crippen LogP contribution in [0.1, 0.15) is 18.5 Å². The lowest BCUT2D eigenvalue weighted by atomic mass is 10.2. The normalized spacial score (nSPS) is 14.0. The van der Waals surface area contributed by atoms with E-state index in [1.54, 1.807) is 5.38 Å². The highest BCUT2D eigenvalue weighted by molar-refractivity contribution is 7.13. The van der Waals surface area contributed by atoms with Crippen molar-refractivity contribution in [1.29, 1.82) is 0 Å². The molecular formula is C16H14F3N3O3S. The molecule has 1 aliphatic carbocycles. The molecule has 1 aromatic heterocycles. The Labute approximate surface area is 150 Å². The first-order chi connectivity index (χ1) is 12.3. The molecule has 1 saturated carbocycles. The minimum atomic E-state index is -4.86. The van der Waals surface area contributed by atoms with Gasteiger partial charge in [-0.15, -0.1) is 24.5 Å². The van der Waals surface area contributed by atoms with Gasteiger partial charge in [-0.3, -0.25) is 9.59 Å². The van der Waals surface area contributed by atoms with Crippen LogP contribution in [0.2, 0.25) is 0 Å². The Bertz CT molecular complexity index is 818. The van der Waals surface area contributed by atoms with Gasteiger partial charge in [0.2, 0.25) is 11.8 Å². The van der Waals surface area contributed by atoms with Crippen LogP contribution >= 0.6 is 11.3 Å². The zero-order valence-electron chi connectivity index (χ0n) is 13.3. The molecule has 0 atom stereocenters. The van der Waals surface area contributed by atoms with Gasteiger partial charge in [-0.2, -0.15) is 0 Å². The number of hydrogen-bond acceptors (Lipinski definition) is 5. The summed E-state index contributed by atoms with van der Waals surface area (Å²) in [5.41, 5.74) is 0.320. The highest BCUT2D eigenvalue weighted by atomic mass is 32.1. The van der Waals surface area contributed by atoms with E-state index in [1.807, 2.05) is 0 Å². The largest absolute Gasteiger partial charge is 0.573 e. The number of anilines is 2. The molecule has 0 radical (unpaired) electrons. The number of thiazole rings is 1. The molecular weight excluding hydrogens is 371 g/mol. The predicted molar refractivity (Wildman–Crippen MR) is 88.9 cm³/mol. The molecule has 3 rings (SSSR count). The van der Waals surface area contributed by atoms with Crippen molar-refractivity contribution in [2.24, 2.45) is 5.92 Å². The second-order valence-electron chi connectivity index (χ2n) is 5.68. The molecule has 2 N–H and O–H groups in total. The van der Waals surface area contributed by atoms with Crippen LogP contribution in [0, 0.1) is 5.92 Å². The third-order valence-electron chi connectivity index (χ3n) is 3.46. The first kappa shape index (κ1) is 18.2. The van der Waals surface area contributed by atoms with E-state index in [-0.39, 0.29) is 23.9 Å². The first-order valence-corrected chi connectivity index (χ1v) is 8.58. The number of carbonyl (C=O) groups excluding carboxylic acids is 2. The van der Waals surface area contributed by atoms with E-state index < -0.39 is 18.0 Å². The van der Waals surface area contributed by atoms with Gasteiger partial charge < -0.3 is 15.4 Å². The Hall–Kier alpha value is -2.62. The molecule has 0 unspecified atom stereocenters. The van der Waals surface area contributed by atoms with Crippen LogP contribution in [0.15, 0.2) is 29.6 Å². The molecule has 0 spiro atoms. The summed E-state index contributed by atoms with van der Waals surface area (Å²) in [5.74, 6) is -1.10. The highest BCUT2D eigenvalue weighted by Gasteiger charge is 2.32. The molecule has 0 aliphatic heterocycles. The molecule has 1 heterocycles. The van der Waals surface area contributed by atoms with Gasteiger partial charge in [-0.1, -0.05) is 12.1 Å². The van der Waals surface area contributed by atoms with Gasteiger partial charge >= 0.3 is 6.36 Å². The number of ether oxygens (including phenoxy) is 1. The van der Waals surface area contributed by atoms with Gasteiger partial charge in [-0.25, -0.2) is 4.98 Å². The second kappa shape index (κ2) is 7.32. The fraction of sp³-hybridized carbons (Fsp3) is 0.312. The maximum absolute atomic E-state index is 12.4. The van der Waals surface area contributed by atoms with Crippen LogP contribution in [-0.4, -0.2) is 23.2 Å². The van der Waals surface area contributed by atoms with Gasteiger partial charge in [0.1, 0.15) is 0 Å². The summed E-state index contributed by atoms with van der Waals surface area (Å²) in [6.07, 6.45) is -3.27. The lowest BCUT2D eigenvalue weighted by molar-refractivity contribution is -0.274. The van der Waals surface area contributed by atoms with Crippen LogP contribution in [0.25, 0.3) is 0 Å². The number of alkyl halides is 3. The summed E-state index contributed by atoms with van der Waals surface area (Å²) in [6, 6.07) is 5.26. The van der Waals surface area contributed by atoms with Crippen LogP contribution in [0.4, 0.5) is 24.0 Å². The van der Waals surface area contributed by atoms with Gasteiger partial charge in [-0.05, 0) is 25.0 Å². The van der Waals surface area contributed by atoms with Gasteiger partial charge in [0.05, 0.1) is 17.8 Å². The molecule has 1 fully saturated rings. The van der Waals surface area contributed by atoms with Crippen molar-refractivity contribution in [2.45, 2.75) is 25.6 Å². The van der Waals surface area contributed by atoms with E-state index in [0.29, 0.717) is 10.8 Å². The monoisotopic (exact) mass is 385 g/mol. The quantitative estimate of drug-likeness (QED) is 0.797. The SMILES string of the molecule is O=C(Cc1csc(NC(=O)C2CC2)n1)Nc1ccccc1OC(F)(F)F. The summed E-state index contributed by atoms with van der Waals surface area (Å²) >= 11 is 1.19. The number of nitrogens with zero attached hydrogens (tertiary/aromatic N) is 1. The Morgan fingerprint density at radius 1 is 1.23 bits per heavy atom. The molecule has 1 aromatic carbocycles. The number of amides is 2. The molecule has 0 bridgehead atoms. The van der Waals surface area contributed by atoms with Crippen molar-refractivity contribution in [2.75, 3.05) is 10.6 Å². The fourth-order valence-corrected chi connectivity index (χ4v) is 2.85. The van der Waals surface area contributed by atoms with E-state index in [1.165, 1.54) is 29.5 Å². The predicted octanol–water partition coefficient (Wildman–Crippen LogP) is 3.57. The summed E-state index contributed by atoms with van der Waals surface area (Å²) < 4.78 is 41.1. The van der Waals surface area contributed by atoms with E-state index in [0.717, 1.165) is 18.9 Å². The maximum atomic E-state index is 12.4. The molecule has 2 amide bonds. The van der Waals surface area contributed by atoms with Crippen molar-refractivity contribution in [1.82, 2.24) is 4.98 Å². The summed E-state index contributed by atoms with van der Waals surface area (Å²) in [5, 5.41) is 7.05. The van der Waals surface area contributed by atoms with Gasteiger partial charge in [0.25, 0.3) is 0 Å². The van der Waals surface area contributed by atoms with E-state index >= 15 is 0 Å². The topological polar surface area (TPSA) is 80.3 Å². The lowest BCUT2D eigenvalue weighted by Gasteiger charge is -2.13. The van der Waals surface area contributed by atoms with Crippen molar-refractivity contribution in [3.05, 3.63) is 35.3 Å². The third kappa shape index (κ3) is 5.19. The van der Waals surface area contributed by atoms with Crippen molar-refractivity contribution in [3.63, 3.8) is 0 Å². The summed E-state index contributed by atoms with van der Waals surface area (Å²) in [4.78, 5) is 27.9. The molecule has 0 saturated heterocycles. The maximum Gasteiger partial charge on any atom is 0.573 e. The minimum Gasteiger partial charge on any atom is -0.404 e. The van der Waals surface area contributed by atoms with E-state index in [9.17, 15) is 22.8 Å². The van der Waals surface area contributed by atoms with Gasteiger partial charge in [0, 0.05) is 11.3 Å². The molecule has 10 heteroatoms. The Kier molecular flexibility index (Phi) is 5.12. The van der Waals surface area contributed by atoms with Gasteiger partial charge in [0.15, 0.2) is 10.9 Å². The zero-order chi connectivity index (χ0) is 18.7. The summed E-state index contributed by atoms with van der Waals surface area (Å²) in [6.45, 7) is 0. The average molecular weight is 385 g/mol. The smallest absolute Gasteiger partial charge is 0.404 e. The second-order valence-corrected chi connectivity index (χ2v) is 6.53. The van der Waals surface area contributed by atoms with Crippen LogP contribution in [-0.2, 0) is 16.0 Å². The number of benzene rings is 1. The van der Waals surface area contributed by atoms with Crippen LogP contribution in [0.3, 0.4) is 0 Å². The zero-order valence-corrected chi connectivity index (χ0v) is 14.1. The number of halogens is 3. The fourth-order valence-electron chi connectivity index (χ4n) is 2.14.